The van der Waals surface area contributed by atoms with Crippen molar-refractivity contribution in [1.29, 1.82) is 0 Å². The molecule has 2 aliphatic heterocycles. The van der Waals surface area contributed by atoms with Gasteiger partial charge in [-0.1, -0.05) is 24.3 Å². The van der Waals surface area contributed by atoms with Gasteiger partial charge >= 0.3 is 0 Å². The van der Waals surface area contributed by atoms with Crippen molar-refractivity contribution in [1.82, 2.24) is 25.1 Å². The molecule has 0 unspecified atom stereocenters. The third-order valence-electron chi connectivity index (χ3n) is 5.49. The van der Waals surface area contributed by atoms with Crippen molar-refractivity contribution in [2.45, 2.75) is 38.4 Å². The van der Waals surface area contributed by atoms with E-state index in [9.17, 15) is 4.79 Å². The van der Waals surface area contributed by atoms with Gasteiger partial charge < -0.3 is 15.2 Å². The van der Waals surface area contributed by atoms with Crippen LogP contribution in [-0.2, 0) is 24.3 Å². The zero-order chi connectivity index (χ0) is 17.9. The van der Waals surface area contributed by atoms with E-state index in [0.717, 1.165) is 30.9 Å². The molecule has 1 aromatic carbocycles. The second-order valence-corrected chi connectivity index (χ2v) is 7.35. The molecule has 0 radical (unpaired) electrons. The molecular weight excluding hydrogens is 326 g/mol. The molecule has 1 atom stereocenters. The Bertz CT molecular complexity index is 765. The molecule has 1 aromatic heterocycles. The number of carbonyl (C=O) groups is 1. The number of aromatic amines is 1. The fourth-order valence-electron chi connectivity index (χ4n) is 4.02. The van der Waals surface area contributed by atoms with Crippen molar-refractivity contribution >= 4 is 5.91 Å². The summed E-state index contributed by atoms with van der Waals surface area (Å²) in [5.41, 5.74) is 4.47. The van der Waals surface area contributed by atoms with Crippen molar-refractivity contribution in [3.63, 3.8) is 0 Å². The Hall–Kier alpha value is -2.18. The Morgan fingerprint density at radius 3 is 2.85 bits per heavy atom. The monoisotopic (exact) mass is 353 g/mol. The molecule has 26 heavy (non-hydrogen) atoms. The summed E-state index contributed by atoms with van der Waals surface area (Å²) >= 11 is 0. The minimum absolute atomic E-state index is 0.0778. The minimum Gasteiger partial charge on any atom is -0.348 e. The number of imidazole rings is 1. The number of hydrogen-bond acceptors (Lipinski definition) is 4. The van der Waals surface area contributed by atoms with Gasteiger partial charge in [-0.15, -0.1) is 0 Å². The molecule has 0 saturated carbocycles. The molecule has 0 bridgehead atoms. The molecule has 1 amide bonds. The number of fused-ring (bicyclic) bond motifs is 1. The van der Waals surface area contributed by atoms with E-state index in [-0.39, 0.29) is 11.9 Å². The van der Waals surface area contributed by atoms with Gasteiger partial charge in [-0.25, -0.2) is 4.98 Å². The molecule has 1 fully saturated rings. The molecule has 0 spiro atoms. The molecule has 2 aliphatic rings. The van der Waals surface area contributed by atoms with Crippen LogP contribution >= 0.6 is 0 Å². The van der Waals surface area contributed by atoms with E-state index in [2.05, 4.69) is 44.5 Å². The van der Waals surface area contributed by atoms with Crippen LogP contribution in [0.5, 0.6) is 0 Å². The van der Waals surface area contributed by atoms with Gasteiger partial charge in [0.05, 0.1) is 12.0 Å². The SMILES string of the molecule is CN(Cc1ccccc1CN1CCCC1)C(=O)[C@@H]1NCCc2[nH]cnc21. The molecule has 3 heterocycles. The first-order chi connectivity index (χ1) is 12.7. The number of likely N-dealkylation sites (tertiary alicyclic amines) is 1. The highest BCUT2D eigenvalue weighted by molar-refractivity contribution is 5.83. The van der Waals surface area contributed by atoms with Gasteiger partial charge in [-0.05, 0) is 37.1 Å². The standard InChI is InChI=1S/C20H27N5O/c1-24(20(26)19-18-17(8-9-21-19)22-14-23-18)12-15-6-2-3-7-16(15)13-25-10-4-5-11-25/h2-3,6-7,14,19,21H,4-5,8-13H2,1H3,(H,22,23)/t19-/m1/s1. The molecule has 2 aromatic rings. The van der Waals surface area contributed by atoms with Gasteiger partial charge in [0.15, 0.2) is 0 Å². The number of amides is 1. The normalized spacial score (nSPS) is 20.1. The summed E-state index contributed by atoms with van der Waals surface area (Å²) in [5.74, 6) is 0.0778. The van der Waals surface area contributed by atoms with Crippen LogP contribution in [-0.4, -0.2) is 52.4 Å². The Labute approximate surface area is 154 Å². The van der Waals surface area contributed by atoms with Crippen LogP contribution in [0, 0.1) is 0 Å². The van der Waals surface area contributed by atoms with E-state index in [1.165, 1.54) is 37.1 Å². The van der Waals surface area contributed by atoms with Gasteiger partial charge in [-0.3, -0.25) is 9.69 Å². The van der Waals surface area contributed by atoms with Crippen LogP contribution < -0.4 is 5.32 Å². The molecule has 1 saturated heterocycles. The average Bonchev–Trinajstić information content (AvgIpc) is 3.33. The maximum atomic E-state index is 13.0. The Kier molecular flexibility index (Phi) is 5.04. The zero-order valence-corrected chi connectivity index (χ0v) is 15.4. The number of nitrogens with zero attached hydrogens (tertiary/aromatic N) is 3. The predicted octanol–water partition coefficient (Wildman–Crippen LogP) is 1.85. The lowest BCUT2D eigenvalue weighted by atomic mass is 10.0. The fourth-order valence-corrected chi connectivity index (χ4v) is 4.02. The summed E-state index contributed by atoms with van der Waals surface area (Å²) in [6.45, 7) is 4.75. The summed E-state index contributed by atoms with van der Waals surface area (Å²) in [4.78, 5) is 24.9. The molecule has 2 N–H and O–H groups in total. The van der Waals surface area contributed by atoms with Crippen LogP contribution in [0.15, 0.2) is 30.6 Å². The van der Waals surface area contributed by atoms with Crippen LogP contribution in [0.3, 0.4) is 0 Å². The molecule has 138 valence electrons. The Morgan fingerprint density at radius 1 is 1.27 bits per heavy atom. The number of carbonyl (C=O) groups excluding carboxylic acids is 1. The number of hydrogen-bond donors (Lipinski definition) is 2. The first-order valence-electron chi connectivity index (χ1n) is 9.52. The maximum Gasteiger partial charge on any atom is 0.246 e. The summed E-state index contributed by atoms with van der Waals surface area (Å²) < 4.78 is 0. The Balaban J connectivity index is 1.47. The summed E-state index contributed by atoms with van der Waals surface area (Å²) in [7, 11) is 1.89. The van der Waals surface area contributed by atoms with Crippen LogP contribution in [0.4, 0.5) is 0 Å². The van der Waals surface area contributed by atoms with E-state index in [1.807, 2.05) is 11.9 Å². The lowest BCUT2D eigenvalue weighted by molar-refractivity contribution is -0.133. The van der Waals surface area contributed by atoms with Crippen molar-refractivity contribution < 1.29 is 4.79 Å². The lowest BCUT2D eigenvalue weighted by Gasteiger charge is -2.28. The smallest absolute Gasteiger partial charge is 0.246 e. The summed E-state index contributed by atoms with van der Waals surface area (Å²) in [5, 5.41) is 3.32. The van der Waals surface area contributed by atoms with Crippen LogP contribution in [0.1, 0.15) is 41.4 Å². The zero-order valence-electron chi connectivity index (χ0n) is 15.4. The third kappa shape index (κ3) is 3.52. The van der Waals surface area contributed by atoms with Crippen molar-refractivity contribution in [2.75, 3.05) is 26.7 Å². The van der Waals surface area contributed by atoms with Crippen molar-refractivity contribution in [3.05, 3.63) is 53.1 Å². The quantitative estimate of drug-likeness (QED) is 0.861. The van der Waals surface area contributed by atoms with Crippen molar-refractivity contribution in [2.24, 2.45) is 0 Å². The highest BCUT2D eigenvalue weighted by Gasteiger charge is 2.30. The molecule has 6 nitrogen and oxygen atoms in total. The van der Waals surface area contributed by atoms with Crippen molar-refractivity contribution in [3.8, 4) is 0 Å². The highest BCUT2D eigenvalue weighted by atomic mass is 16.2. The topological polar surface area (TPSA) is 64.3 Å². The number of nitrogens with one attached hydrogen (secondary N) is 2. The van der Waals surface area contributed by atoms with E-state index < -0.39 is 0 Å². The van der Waals surface area contributed by atoms with E-state index in [1.54, 1.807) is 6.33 Å². The van der Waals surface area contributed by atoms with Gasteiger partial charge in [0.25, 0.3) is 0 Å². The average molecular weight is 353 g/mol. The first-order valence-corrected chi connectivity index (χ1v) is 9.52. The van der Waals surface area contributed by atoms with E-state index >= 15 is 0 Å². The second kappa shape index (κ2) is 7.60. The van der Waals surface area contributed by atoms with Gasteiger partial charge in [-0.2, -0.15) is 0 Å². The lowest BCUT2D eigenvalue weighted by Crippen LogP contribution is -2.42. The fraction of sp³-hybridized carbons (Fsp3) is 0.500. The largest absolute Gasteiger partial charge is 0.348 e. The van der Waals surface area contributed by atoms with E-state index in [4.69, 9.17) is 0 Å². The van der Waals surface area contributed by atoms with Gasteiger partial charge in [0.1, 0.15) is 6.04 Å². The number of H-pyrrole nitrogens is 1. The molecule has 6 heteroatoms. The second-order valence-electron chi connectivity index (χ2n) is 7.35. The first kappa shape index (κ1) is 17.2. The number of benzene rings is 1. The van der Waals surface area contributed by atoms with E-state index in [0.29, 0.717) is 6.54 Å². The number of likely N-dealkylation sites (N-methyl/N-ethyl adjacent to an activating group) is 1. The number of aromatic nitrogens is 2. The van der Waals surface area contributed by atoms with Crippen LogP contribution in [0.25, 0.3) is 0 Å². The molecule has 0 aliphatic carbocycles. The maximum absolute atomic E-state index is 13.0. The third-order valence-corrected chi connectivity index (χ3v) is 5.49. The van der Waals surface area contributed by atoms with Gasteiger partial charge in [0, 0.05) is 38.8 Å². The van der Waals surface area contributed by atoms with Gasteiger partial charge in [0.2, 0.25) is 5.91 Å². The highest BCUT2D eigenvalue weighted by Crippen LogP contribution is 2.23. The Morgan fingerprint density at radius 2 is 2.04 bits per heavy atom. The number of rotatable bonds is 5. The molecular formula is C20H27N5O. The predicted molar refractivity (Wildman–Crippen MR) is 100 cm³/mol. The minimum atomic E-state index is -0.347. The molecule has 4 rings (SSSR count). The van der Waals surface area contributed by atoms with Crippen LogP contribution in [0.2, 0.25) is 0 Å². The summed E-state index contributed by atoms with van der Waals surface area (Å²) in [6.07, 6.45) is 5.16. The summed E-state index contributed by atoms with van der Waals surface area (Å²) in [6, 6.07) is 8.14.